The van der Waals surface area contributed by atoms with Crippen molar-refractivity contribution in [2.45, 2.75) is 58.7 Å². The Hall–Kier alpha value is -3.32. The van der Waals surface area contributed by atoms with Gasteiger partial charge < -0.3 is 15.0 Å². The molecule has 35 heavy (non-hydrogen) atoms. The van der Waals surface area contributed by atoms with Crippen LogP contribution in [-0.4, -0.2) is 28.0 Å². The molecule has 2 aromatic carbocycles. The number of ether oxygens (including phenoxy) is 1. The fourth-order valence-electron chi connectivity index (χ4n) is 4.53. The number of esters is 1. The molecule has 0 saturated heterocycles. The van der Waals surface area contributed by atoms with Crippen molar-refractivity contribution in [1.29, 1.82) is 0 Å². The average molecular weight is 488 g/mol. The third-order valence-electron chi connectivity index (χ3n) is 6.44. The Morgan fingerprint density at radius 2 is 1.89 bits per heavy atom. The van der Waals surface area contributed by atoms with Gasteiger partial charge in [0.05, 0.1) is 23.7 Å². The third kappa shape index (κ3) is 5.05. The van der Waals surface area contributed by atoms with Gasteiger partial charge in [0.1, 0.15) is 6.61 Å². The number of rotatable bonds is 7. The van der Waals surface area contributed by atoms with Crippen molar-refractivity contribution in [2.24, 2.45) is 4.99 Å². The van der Waals surface area contributed by atoms with E-state index in [1.165, 1.54) is 11.8 Å². The lowest BCUT2D eigenvalue weighted by atomic mass is 9.90. The quantitative estimate of drug-likeness (QED) is 0.538. The Morgan fingerprint density at radius 1 is 1.11 bits per heavy atom. The van der Waals surface area contributed by atoms with Crippen LogP contribution in [0, 0.1) is 13.8 Å². The molecular formula is C28H29N3O3S. The topological polar surface area (TPSA) is 71.0 Å². The summed E-state index contributed by atoms with van der Waals surface area (Å²) in [6.45, 7) is 6.16. The van der Waals surface area contributed by atoms with Crippen LogP contribution < -0.4 is 5.32 Å². The van der Waals surface area contributed by atoms with Crippen molar-refractivity contribution in [3.63, 3.8) is 0 Å². The summed E-state index contributed by atoms with van der Waals surface area (Å²) in [5.74, 6) is -0.391. The maximum absolute atomic E-state index is 13.5. The maximum Gasteiger partial charge on any atom is 0.338 e. The van der Waals surface area contributed by atoms with Crippen molar-refractivity contribution in [1.82, 2.24) is 10.2 Å². The smallest absolute Gasteiger partial charge is 0.338 e. The number of fused-ring (bicyclic) bond motifs is 1. The van der Waals surface area contributed by atoms with Crippen molar-refractivity contribution in [3.05, 3.63) is 93.2 Å². The first-order chi connectivity index (χ1) is 16.9. The van der Waals surface area contributed by atoms with Crippen LogP contribution in [0.4, 0.5) is 0 Å². The number of benzene rings is 2. The van der Waals surface area contributed by atoms with Gasteiger partial charge in [0.25, 0.3) is 0 Å². The minimum atomic E-state index is -0.415. The van der Waals surface area contributed by atoms with Gasteiger partial charge in [-0.25, -0.2) is 9.79 Å². The number of hydrogen-bond acceptors (Lipinski definition) is 6. The van der Waals surface area contributed by atoms with E-state index in [1.807, 2.05) is 47.6 Å². The van der Waals surface area contributed by atoms with E-state index < -0.39 is 12.0 Å². The minimum Gasteiger partial charge on any atom is -0.457 e. The molecule has 1 aliphatic carbocycles. The highest BCUT2D eigenvalue weighted by Crippen LogP contribution is 2.45. The first-order valence-electron chi connectivity index (χ1n) is 11.9. The van der Waals surface area contributed by atoms with E-state index in [9.17, 15) is 9.59 Å². The highest BCUT2D eigenvalue weighted by Gasteiger charge is 2.42. The fourth-order valence-corrected chi connectivity index (χ4v) is 5.49. The lowest BCUT2D eigenvalue weighted by Crippen LogP contribution is -2.38. The summed E-state index contributed by atoms with van der Waals surface area (Å²) in [5.41, 5.74) is 6.16. The van der Waals surface area contributed by atoms with Gasteiger partial charge in [-0.2, -0.15) is 0 Å². The summed E-state index contributed by atoms with van der Waals surface area (Å²) in [6, 6.07) is 15.8. The Morgan fingerprint density at radius 3 is 2.60 bits per heavy atom. The summed E-state index contributed by atoms with van der Waals surface area (Å²) < 4.78 is 5.78. The number of aryl methyl sites for hydroxylation is 2. The lowest BCUT2D eigenvalue weighted by molar-refractivity contribution is -0.141. The number of amidine groups is 1. The Labute approximate surface area is 210 Å². The number of nitrogens with one attached hydrogen (secondary N) is 1. The van der Waals surface area contributed by atoms with Crippen LogP contribution in [0.1, 0.15) is 54.5 Å². The number of amides is 1. The standard InChI is InChI=1S/C28H29N3O3S/c1-17-9-12-23(18(2)13-17)26-25(27(33)34-15-20-7-5-4-6-8-20)19(3)29-28-31(26)22(16-35-28)14-24(32)30-21-10-11-21/h4-9,12-13,16,21,26H,10-11,14-15H2,1-3H3,(H,30,32)/t26-/m0/s1. The molecule has 0 radical (unpaired) electrons. The molecule has 1 saturated carbocycles. The van der Waals surface area contributed by atoms with Crippen molar-refractivity contribution in [3.8, 4) is 0 Å². The van der Waals surface area contributed by atoms with E-state index in [0.717, 1.165) is 46.0 Å². The van der Waals surface area contributed by atoms with Gasteiger partial charge in [-0.3, -0.25) is 4.79 Å². The van der Waals surface area contributed by atoms with Crippen LogP contribution in [0.2, 0.25) is 0 Å². The zero-order chi connectivity index (χ0) is 24.5. The van der Waals surface area contributed by atoms with Gasteiger partial charge in [0.2, 0.25) is 5.91 Å². The van der Waals surface area contributed by atoms with E-state index in [4.69, 9.17) is 9.73 Å². The summed E-state index contributed by atoms with van der Waals surface area (Å²) in [7, 11) is 0. The summed E-state index contributed by atoms with van der Waals surface area (Å²) in [6.07, 6.45) is 2.33. The fraction of sp³-hybridized carbons (Fsp3) is 0.321. The molecule has 2 aromatic rings. The average Bonchev–Trinajstić information content (AvgIpc) is 3.56. The zero-order valence-electron chi connectivity index (χ0n) is 20.2. The van der Waals surface area contributed by atoms with Crippen molar-refractivity contribution in [2.75, 3.05) is 0 Å². The summed E-state index contributed by atoms with van der Waals surface area (Å²) in [5, 5.41) is 5.83. The van der Waals surface area contributed by atoms with Gasteiger partial charge in [0.15, 0.2) is 5.17 Å². The lowest BCUT2D eigenvalue weighted by Gasteiger charge is -2.37. The second-order valence-electron chi connectivity index (χ2n) is 9.33. The molecule has 1 N–H and O–H groups in total. The predicted molar refractivity (Wildman–Crippen MR) is 138 cm³/mol. The second-order valence-corrected chi connectivity index (χ2v) is 10.2. The van der Waals surface area contributed by atoms with E-state index >= 15 is 0 Å². The molecule has 0 bridgehead atoms. The molecule has 7 heteroatoms. The SMILES string of the molecule is CC1=C(C(=O)OCc2ccccc2)[C@H](c2ccc(C)cc2C)N2C(CC(=O)NC3CC3)=CSC2=N1. The Balaban J connectivity index is 1.49. The molecule has 5 rings (SSSR count). The van der Waals surface area contributed by atoms with Gasteiger partial charge in [0, 0.05) is 11.7 Å². The first-order valence-corrected chi connectivity index (χ1v) is 12.8. The van der Waals surface area contributed by atoms with Crippen molar-refractivity contribution >= 4 is 28.8 Å². The zero-order valence-corrected chi connectivity index (χ0v) is 21.0. The predicted octanol–water partition coefficient (Wildman–Crippen LogP) is 5.29. The van der Waals surface area contributed by atoms with Crippen LogP contribution in [0.5, 0.6) is 0 Å². The van der Waals surface area contributed by atoms with E-state index in [0.29, 0.717) is 17.3 Å². The summed E-state index contributed by atoms with van der Waals surface area (Å²) in [4.78, 5) is 33.0. The van der Waals surface area contributed by atoms with Crippen LogP contribution in [0.25, 0.3) is 0 Å². The van der Waals surface area contributed by atoms with Gasteiger partial charge in [-0.15, -0.1) is 0 Å². The normalized spacial score (nSPS) is 19.2. The first kappa shape index (κ1) is 23.4. The monoisotopic (exact) mass is 487 g/mol. The summed E-state index contributed by atoms with van der Waals surface area (Å²) >= 11 is 1.49. The largest absolute Gasteiger partial charge is 0.457 e. The second kappa shape index (κ2) is 9.74. The van der Waals surface area contributed by atoms with E-state index in [-0.39, 0.29) is 18.9 Å². The van der Waals surface area contributed by atoms with Gasteiger partial charge in [-0.05, 0) is 55.7 Å². The molecule has 2 heterocycles. The van der Waals surface area contributed by atoms with Crippen LogP contribution in [0.15, 0.2) is 75.9 Å². The van der Waals surface area contributed by atoms with Crippen LogP contribution in [-0.2, 0) is 20.9 Å². The highest BCUT2D eigenvalue weighted by atomic mass is 32.2. The van der Waals surface area contributed by atoms with E-state index in [2.05, 4.69) is 37.4 Å². The Bertz CT molecular complexity index is 1260. The molecule has 2 aliphatic heterocycles. The highest BCUT2D eigenvalue weighted by molar-refractivity contribution is 8.16. The number of thioether (sulfide) groups is 1. The number of hydrogen-bond donors (Lipinski definition) is 1. The maximum atomic E-state index is 13.5. The molecular weight excluding hydrogens is 458 g/mol. The molecule has 1 atom stereocenters. The van der Waals surface area contributed by atoms with Crippen LogP contribution >= 0.6 is 11.8 Å². The molecule has 0 aromatic heterocycles. The number of carbonyl (C=O) groups excluding carboxylic acids is 2. The molecule has 1 amide bonds. The molecule has 6 nitrogen and oxygen atoms in total. The van der Waals surface area contributed by atoms with Crippen LogP contribution in [0.3, 0.4) is 0 Å². The third-order valence-corrected chi connectivity index (χ3v) is 7.33. The number of allylic oxidation sites excluding steroid dienone is 1. The minimum absolute atomic E-state index is 0.000503. The molecule has 1 fully saturated rings. The molecule has 0 unspecified atom stereocenters. The van der Waals surface area contributed by atoms with Gasteiger partial charge in [-0.1, -0.05) is 65.9 Å². The number of nitrogens with zero attached hydrogens (tertiary/aromatic N) is 2. The molecule has 0 spiro atoms. The van der Waals surface area contributed by atoms with E-state index in [1.54, 1.807) is 0 Å². The Kier molecular flexibility index (Phi) is 6.52. The molecule has 3 aliphatic rings. The molecule has 180 valence electrons. The number of aliphatic imine (C=N–C) groups is 1. The van der Waals surface area contributed by atoms with Gasteiger partial charge >= 0.3 is 5.97 Å². The number of carbonyl (C=O) groups is 2. The van der Waals surface area contributed by atoms with Crippen molar-refractivity contribution < 1.29 is 14.3 Å².